The van der Waals surface area contributed by atoms with Gasteiger partial charge in [0.25, 0.3) is 5.56 Å². The Morgan fingerprint density at radius 2 is 1.77 bits per heavy atom. The first-order valence-electron chi connectivity index (χ1n) is 14.4. The topological polar surface area (TPSA) is 146 Å². The van der Waals surface area contributed by atoms with E-state index in [1.807, 2.05) is 55.5 Å². The van der Waals surface area contributed by atoms with Crippen LogP contribution in [-0.2, 0) is 31.5 Å². The number of nitrogens with one attached hydrogen (secondary N) is 1. The minimum Gasteiger partial charge on any atom is -0.464 e. The number of nitrogens with zero attached hydrogens (tertiary/aromatic N) is 6. The van der Waals surface area contributed by atoms with Crippen LogP contribution in [-0.4, -0.2) is 70.1 Å². The highest BCUT2D eigenvalue weighted by Crippen LogP contribution is 2.31. The Morgan fingerprint density at radius 3 is 2.49 bits per heavy atom. The zero-order valence-corrected chi connectivity index (χ0v) is 24.2. The van der Waals surface area contributed by atoms with Crippen LogP contribution in [0.15, 0.2) is 59.7 Å². The molecule has 0 aliphatic carbocycles. The first-order chi connectivity index (χ1) is 20.6. The zero-order chi connectivity index (χ0) is 30.3. The van der Waals surface area contributed by atoms with E-state index in [0.29, 0.717) is 56.7 Å². The van der Waals surface area contributed by atoms with E-state index in [2.05, 4.69) is 15.5 Å². The fourth-order valence-electron chi connectivity index (χ4n) is 6.23. The Morgan fingerprint density at radius 1 is 1.05 bits per heavy atom. The highest BCUT2D eigenvalue weighted by molar-refractivity contribution is 5.89. The number of aliphatic hydroxyl groups is 1. The van der Waals surface area contributed by atoms with Crippen LogP contribution in [0, 0.1) is 0 Å². The van der Waals surface area contributed by atoms with Crippen LogP contribution in [0.1, 0.15) is 48.8 Å². The van der Waals surface area contributed by atoms with E-state index in [4.69, 9.17) is 5.11 Å². The molecule has 0 unspecified atom stereocenters. The lowest BCUT2D eigenvalue weighted by atomic mass is 9.90. The van der Waals surface area contributed by atoms with Crippen LogP contribution in [0.3, 0.4) is 0 Å². The zero-order valence-electron chi connectivity index (χ0n) is 24.2. The SMILES string of the molecule is C[C@H](CC(=O)N1CCC(O)(Cn2cnc3c(-c4ccc5c(c4)CN(NC(=O)O)C5)n(C)nc3c2=O)CC1)c1ccccc1. The Kier molecular flexibility index (Phi) is 7.49. The average molecular weight is 586 g/mol. The fourth-order valence-corrected chi connectivity index (χ4v) is 6.23. The molecule has 1 saturated heterocycles. The number of piperidine rings is 1. The van der Waals surface area contributed by atoms with E-state index >= 15 is 0 Å². The van der Waals surface area contributed by atoms with Gasteiger partial charge in [-0.1, -0.05) is 49.4 Å². The van der Waals surface area contributed by atoms with Crippen molar-refractivity contribution in [2.75, 3.05) is 13.1 Å². The molecular weight excluding hydrogens is 550 g/mol. The first kappa shape index (κ1) is 28.6. The molecule has 1 atom stereocenters. The highest BCUT2D eigenvalue weighted by atomic mass is 16.4. The van der Waals surface area contributed by atoms with Crippen molar-refractivity contribution in [3.63, 3.8) is 0 Å². The third-order valence-electron chi connectivity index (χ3n) is 8.63. The van der Waals surface area contributed by atoms with Gasteiger partial charge in [0, 0.05) is 45.2 Å². The third kappa shape index (κ3) is 5.75. The maximum Gasteiger partial charge on any atom is 0.419 e. The lowest BCUT2D eigenvalue weighted by Gasteiger charge is -2.38. The molecule has 6 rings (SSSR count). The predicted molar refractivity (Wildman–Crippen MR) is 159 cm³/mol. The molecule has 2 aromatic carbocycles. The Bertz CT molecular complexity index is 1740. The van der Waals surface area contributed by atoms with E-state index in [-0.39, 0.29) is 29.4 Å². The summed E-state index contributed by atoms with van der Waals surface area (Å²) in [6, 6.07) is 15.8. The van der Waals surface area contributed by atoms with Gasteiger partial charge in [-0.15, -0.1) is 0 Å². The molecule has 2 aromatic heterocycles. The Labute approximate surface area is 248 Å². The lowest BCUT2D eigenvalue weighted by molar-refractivity contribution is -0.136. The van der Waals surface area contributed by atoms with Crippen molar-refractivity contribution in [1.82, 2.24) is 34.7 Å². The molecule has 1 fully saturated rings. The number of carbonyl (C=O) groups excluding carboxylic acids is 1. The van der Waals surface area contributed by atoms with E-state index < -0.39 is 11.7 Å². The summed E-state index contributed by atoms with van der Waals surface area (Å²) in [7, 11) is 1.76. The molecule has 12 nitrogen and oxygen atoms in total. The summed E-state index contributed by atoms with van der Waals surface area (Å²) in [6.45, 7) is 3.86. The van der Waals surface area contributed by atoms with Gasteiger partial charge >= 0.3 is 6.09 Å². The largest absolute Gasteiger partial charge is 0.464 e. The summed E-state index contributed by atoms with van der Waals surface area (Å²) >= 11 is 0. The molecular formula is C31H35N7O5. The molecule has 224 valence electrons. The monoisotopic (exact) mass is 585 g/mol. The summed E-state index contributed by atoms with van der Waals surface area (Å²) < 4.78 is 3.04. The maximum atomic E-state index is 13.5. The summed E-state index contributed by atoms with van der Waals surface area (Å²) in [5, 5.41) is 26.5. The minimum absolute atomic E-state index is 0.0639. The van der Waals surface area contributed by atoms with E-state index in [1.165, 1.54) is 10.9 Å². The van der Waals surface area contributed by atoms with Crippen molar-refractivity contribution in [1.29, 1.82) is 0 Å². The number of aryl methyl sites for hydroxylation is 1. The second kappa shape index (κ2) is 11.3. The lowest BCUT2D eigenvalue weighted by Crippen LogP contribution is -2.49. The second-order valence-electron chi connectivity index (χ2n) is 11.7. The number of likely N-dealkylation sites (tertiary alicyclic amines) is 1. The van der Waals surface area contributed by atoms with Crippen molar-refractivity contribution < 1.29 is 19.8 Å². The van der Waals surface area contributed by atoms with Gasteiger partial charge in [-0.05, 0) is 41.5 Å². The number of rotatable bonds is 7. The Balaban J connectivity index is 1.15. The van der Waals surface area contributed by atoms with Crippen molar-refractivity contribution in [3.05, 3.63) is 81.9 Å². The van der Waals surface area contributed by atoms with Crippen LogP contribution in [0.25, 0.3) is 22.3 Å². The van der Waals surface area contributed by atoms with Crippen molar-refractivity contribution in [3.8, 4) is 11.3 Å². The molecule has 0 radical (unpaired) electrons. The van der Waals surface area contributed by atoms with Gasteiger partial charge < -0.3 is 15.1 Å². The quantitative estimate of drug-likeness (QED) is 0.300. The summed E-state index contributed by atoms with van der Waals surface area (Å²) in [5.41, 5.74) is 6.21. The molecule has 12 heteroatoms. The molecule has 0 saturated carbocycles. The number of hydrazine groups is 1. The average Bonchev–Trinajstić information content (AvgIpc) is 3.54. The maximum absolute atomic E-state index is 13.5. The highest BCUT2D eigenvalue weighted by Gasteiger charge is 2.35. The molecule has 2 aliphatic rings. The Hall–Kier alpha value is -4.55. The van der Waals surface area contributed by atoms with Gasteiger partial charge in [-0.2, -0.15) is 5.10 Å². The van der Waals surface area contributed by atoms with Gasteiger partial charge in [-0.25, -0.2) is 14.8 Å². The predicted octanol–water partition coefficient (Wildman–Crippen LogP) is 2.84. The first-order valence-corrected chi connectivity index (χ1v) is 14.4. The fraction of sp³-hybridized carbons (Fsp3) is 0.387. The van der Waals surface area contributed by atoms with Gasteiger partial charge in [0.15, 0.2) is 5.52 Å². The van der Waals surface area contributed by atoms with Crippen LogP contribution in [0.2, 0.25) is 0 Å². The number of hydrogen-bond donors (Lipinski definition) is 3. The smallest absolute Gasteiger partial charge is 0.419 e. The number of hydrogen-bond acceptors (Lipinski definition) is 7. The second-order valence-corrected chi connectivity index (χ2v) is 11.7. The standard InChI is InChI=1S/C31H35N7O5/c1-20(21-6-4-3-5-7-21)14-25(39)36-12-10-31(43,11-13-36)18-37-19-32-26-27(29(37)40)33-35(2)28(26)22-8-9-23-16-38(34-30(41)42)17-24(23)15-22/h3-9,15,19-20,34,43H,10-14,16-18H2,1-2H3,(H,41,42)/t20-/m1/s1. The van der Waals surface area contributed by atoms with E-state index in [9.17, 15) is 19.5 Å². The molecule has 2 amide bonds. The van der Waals surface area contributed by atoms with Gasteiger partial charge in [-0.3, -0.25) is 24.3 Å². The molecule has 43 heavy (non-hydrogen) atoms. The van der Waals surface area contributed by atoms with Gasteiger partial charge in [0.1, 0.15) is 5.52 Å². The number of amides is 2. The molecule has 0 spiro atoms. The van der Waals surface area contributed by atoms with E-state index in [0.717, 1.165) is 22.3 Å². The number of benzene rings is 2. The summed E-state index contributed by atoms with van der Waals surface area (Å²) in [4.78, 5) is 43.9. The van der Waals surface area contributed by atoms with Crippen molar-refractivity contribution in [2.45, 2.75) is 57.3 Å². The molecule has 0 bridgehead atoms. The molecule has 2 aliphatic heterocycles. The number of carbonyl (C=O) groups is 2. The van der Waals surface area contributed by atoms with E-state index in [1.54, 1.807) is 21.6 Å². The third-order valence-corrected chi connectivity index (χ3v) is 8.63. The van der Waals surface area contributed by atoms with Crippen LogP contribution < -0.4 is 11.0 Å². The van der Waals surface area contributed by atoms with Crippen LogP contribution >= 0.6 is 0 Å². The van der Waals surface area contributed by atoms with Crippen molar-refractivity contribution >= 4 is 23.0 Å². The minimum atomic E-state index is -1.14. The molecule has 4 heterocycles. The molecule has 4 aromatic rings. The number of fused-ring (bicyclic) bond motifs is 2. The summed E-state index contributed by atoms with van der Waals surface area (Å²) in [6.07, 6.45) is 1.48. The molecule has 3 N–H and O–H groups in total. The van der Waals surface area contributed by atoms with Gasteiger partial charge in [0.2, 0.25) is 5.91 Å². The number of aromatic nitrogens is 4. The van der Waals surface area contributed by atoms with Crippen LogP contribution in [0.4, 0.5) is 4.79 Å². The van der Waals surface area contributed by atoms with Crippen LogP contribution in [0.5, 0.6) is 0 Å². The number of carboxylic acid groups (broad SMARTS) is 1. The van der Waals surface area contributed by atoms with Gasteiger partial charge in [0.05, 0.1) is 24.2 Å². The van der Waals surface area contributed by atoms with Crippen molar-refractivity contribution in [2.24, 2.45) is 7.05 Å². The summed E-state index contributed by atoms with van der Waals surface area (Å²) in [5.74, 6) is 0.173. The normalized spacial score (nSPS) is 17.1.